The smallest absolute Gasteiger partial charge is 0.327 e. The molecule has 15 heavy (non-hydrogen) atoms. The predicted molar refractivity (Wildman–Crippen MR) is 50.0 cm³/mol. The van der Waals surface area contributed by atoms with Crippen molar-refractivity contribution in [2.45, 2.75) is 6.18 Å². The van der Waals surface area contributed by atoms with Crippen molar-refractivity contribution in [2.75, 3.05) is 34.2 Å². The summed E-state index contributed by atoms with van der Waals surface area (Å²) in [5, 5.41) is 0. The molecule has 0 aromatic carbocycles. The van der Waals surface area contributed by atoms with E-state index in [9.17, 15) is 18.0 Å². The molecule has 0 atom stereocenters. The first-order valence-electron chi connectivity index (χ1n) is 4.18. The number of halogens is 3. The van der Waals surface area contributed by atoms with E-state index in [2.05, 4.69) is 11.8 Å². The molecule has 0 heterocycles. The standard InChI is InChI=1S/C9H13F3N2O/c1-13(2)6-4-5-7-14(3)8(15)9(10,11)12/h6-7H2,1-3H3. The van der Waals surface area contributed by atoms with Gasteiger partial charge in [0.05, 0.1) is 13.1 Å². The highest BCUT2D eigenvalue weighted by Crippen LogP contribution is 2.16. The zero-order chi connectivity index (χ0) is 12.1. The summed E-state index contributed by atoms with van der Waals surface area (Å²) in [6.07, 6.45) is -4.82. The van der Waals surface area contributed by atoms with Crippen molar-refractivity contribution in [3.05, 3.63) is 0 Å². The van der Waals surface area contributed by atoms with Gasteiger partial charge < -0.3 is 4.90 Å². The van der Waals surface area contributed by atoms with E-state index in [1.165, 1.54) is 0 Å². The third-order valence-corrected chi connectivity index (χ3v) is 1.43. The fourth-order valence-electron chi connectivity index (χ4n) is 0.677. The van der Waals surface area contributed by atoms with Crippen molar-refractivity contribution in [1.29, 1.82) is 0 Å². The van der Waals surface area contributed by atoms with Crippen LogP contribution in [-0.4, -0.2) is 56.1 Å². The van der Waals surface area contributed by atoms with Crippen molar-refractivity contribution in [3.8, 4) is 11.8 Å². The number of nitrogens with zero attached hydrogens (tertiary/aromatic N) is 2. The molecule has 0 spiro atoms. The Bertz CT molecular complexity index is 275. The lowest BCUT2D eigenvalue weighted by Gasteiger charge is -2.15. The molecule has 0 saturated heterocycles. The lowest BCUT2D eigenvalue weighted by Crippen LogP contribution is -2.38. The van der Waals surface area contributed by atoms with Crippen molar-refractivity contribution in [3.63, 3.8) is 0 Å². The number of alkyl halides is 3. The molecule has 0 saturated carbocycles. The Labute approximate surface area is 86.8 Å². The van der Waals surface area contributed by atoms with E-state index >= 15 is 0 Å². The van der Waals surface area contributed by atoms with E-state index in [0.717, 1.165) is 7.05 Å². The normalized spacial score (nSPS) is 10.9. The summed E-state index contributed by atoms with van der Waals surface area (Å²) < 4.78 is 35.7. The van der Waals surface area contributed by atoms with E-state index in [4.69, 9.17) is 0 Å². The molecule has 0 bridgehead atoms. The SMILES string of the molecule is CN(C)CC#CCN(C)C(=O)C(F)(F)F. The van der Waals surface area contributed by atoms with Gasteiger partial charge in [-0.3, -0.25) is 9.69 Å². The van der Waals surface area contributed by atoms with Gasteiger partial charge in [-0.1, -0.05) is 11.8 Å². The van der Waals surface area contributed by atoms with E-state index < -0.39 is 12.1 Å². The van der Waals surface area contributed by atoms with E-state index in [1.807, 2.05) is 0 Å². The van der Waals surface area contributed by atoms with Crippen LogP contribution in [0.3, 0.4) is 0 Å². The van der Waals surface area contributed by atoms with Crippen LogP contribution in [0.15, 0.2) is 0 Å². The summed E-state index contributed by atoms with van der Waals surface area (Å²) in [5.74, 6) is 3.25. The van der Waals surface area contributed by atoms with Crippen LogP contribution >= 0.6 is 0 Å². The molecule has 3 nitrogen and oxygen atoms in total. The third kappa shape index (κ3) is 5.96. The second-order valence-electron chi connectivity index (χ2n) is 3.25. The molecule has 0 N–H and O–H groups in total. The van der Waals surface area contributed by atoms with Crippen LogP contribution in [0.4, 0.5) is 13.2 Å². The monoisotopic (exact) mass is 222 g/mol. The summed E-state index contributed by atoms with van der Waals surface area (Å²) >= 11 is 0. The topological polar surface area (TPSA) is 23.6 Å². The summed E-state index contributed by atoms with van der Waals surface area (Å²) in [6.45, 7) is 0.236. The highest BCUT2D eigenvalue weighted by Gasteiger charge is 2.40. The van der Waals surface area contributed by atoms with Crippen LogP contribution in [0.2, 0.25) is 0 Å². The molecule has 0 rings (SSSR count). The molecule has 0 aliphatic carbocycles. The Morgan fingerprint density at radius 2 is 1.60 bits per heavy atom. The molecule has 0 aromatic heterocycles. The maximum atomic E-state index is 11.9. The first-order valence-corrected chi connectivity index (χ1v) is 4.18. The van der Waals surface area contributed by atoms with E-state index in [0.29, 0.717) is 11.4 Å². The Kier molecular flexibility index (Phi) is 5.15. The quantitative estimate of drug-likeness (QED) is 0.638. The van der Waals surface area contributed by atoms with E-state index in [1.54, 1.807) is 19.0 Å². The first kappa shape index (κ1) is 13.8. The molecular weight excluding hydrogens is 209 g/mol. The van der Waals surface area contributed by atoms with Gasteiger partial charge in [0.1, 0.15) is 0 Å². The number of carbonyl (C=O) groups is 1. The number of hydrogen-bond donors (Lipinski definition) is 0. The van der Waals surface area contributed by atoms with Gasteiger partial charge in [0.2, 0.25) is 0 Å². The maximum absolute atomic E-state index is 11.9. The number of amides is 1. The summed E-state index contributed by atoms with van der Waals surface area (Å²) in [5.41, 5.74) is 0. The van der Waals surface area contributed by atoms with Crippen LogP contribution in [0.5, 0.6) is 0 Å². The second-order valence-corrected chi connectivity index (χ2v) is 3.25. The molecule has 0 fully saturated rings. The average Bonchev–Trinajstić information content (AvgIpc) is 2.09. The van der Waals surface area contributed by atoms with Crippen molar-refractivity contribution >= 4 is 5.91 Å². The molecule has 0 unspecified atom stereocenters. The lowest BCUT2D eigenvalue weighted by molar-refractivity contribution is -0.183. The Morgan fingerprint density at radius 3 is 2.00 bits per heavy atom. The second kappa shape index (κ2) is 5.61. The Balaban J connectivity index is 4.08. The zero-order valence-electron chi connectivity index (χ0n) is 8.85. The largest absolute Gasteiger partial charge is 0.471 e. The van der Waals surface area contributed by atoms with Gasteiger partial charge in [0.25, 0.3) is 0 Å². The summed E-state index contributed by atoms with van der Waals surface area (Å²) in [7, 11) is 4.65. The van der Waals surface area contributed by atoms with Crippen LogP contribution < -0.4 is 0 Å². The number of hydrogen-bond acceptors (Lipinski definition) is 2. The molecule has 0 aliphatic heterocycles. The summed E-state index contributed by atoms with van der Waals surface area (Å²) in [6, 6.07) is 0. The Morgan fingerprint density at radius 1 is 1.13 bits per heavy atom. The third-order valence-electron chi connectivity index (χ3n) is 1.43. The molecule has 0 radical (unpaired) electrons. The van der Waals surface area contributed by atoms with Crippen molar-refractivity contribution in [2.24, 2.45) is 0 Å². The molecule has 1 amide bonds. The van der Waals surface area contributed by atoms with E-state index in [-0.39, 0.29) is 6.54 Å². The Hall–Kier alpha value is -1.22. The molecule has 0 aromatic rings. The maximum Gasteiger partial charge on any atom is 0.471 e. The molecule has 6 heteroatoms. The van der Waals surface area contributed by atoms with Gasteiger partial charge in [0.15, 0.2) is 0 Å². The minimum absolute atomic E-state index is 0.216. The van der Waals surface area contributed by atoms with Crippen LogP contribution in [0.25, 0.3) is 0 Å². The highest BCUT2D eigenvalue weighted by atomic mass is 19.4. The number of rotatable bonds is 2. The highest BCUT2D eigenvalue weighted by molar-refractivity contribution is 5.81. The minimum Gasteiger partial charge on any atom is -0.327 e. The summed E-state index contributed by atoms with van der Waals surface area (Å²) in [4.78, 5) is 12.9. The van der Waals surface area contributed by atoms with Crippen LogP contribution in [0.1, 0.15) is 0 Å². The van der Waals surface area contributed by atoms with Gasteiger partial charge >= 0.3 is 12.1 Å². The van der Waals surface area contributed by atoms with Crippen LogP contribution in [0, 0.1) is 11.8 Å². The van der Waals surface area contributed by atoms with Gasteiger partial charge in [-0.2, -0.15) is 13.2 Å². The number of carbonyl (C=O) groups excluding carboxylic acids is 1. The minimum atomic E-state index is -4.82. The fourth-order valence-corrected chi connectivity index (χ4v) is 0.677. The van der Waals surface area contributed by atoms with Gasteiger partial charge in [0, 0.05) is 7.05 Å². The first-order chi connectivity index (χ1) is 6.75. The van der Waals surface area contributed by atoms with Crippen molar-refractivity contribution < 1.29 is 18.0 Å². The molecule has 0 aliphatic rings. The van der Waals surface area contributed by atoms with Gasteiger partial charge in [-0.05, 0) is 14.1 Å². The lowest BCUT2D eigenvalue weighted by atomic mass is 10.4. The zero-order valence-corrected chi connectivity index (χ0v) is 8.85. The van der Waals surface area contributed by atoms with Gasteiger partial charge in [-0.25, -0.2) is 0 Å². The fraction of sp³-hybridized carbons (Fsp3) is 0.667. The molecule has 86 valence electrons. The average molecular weight is 222 g/mol. The van der Waals surface area contributed by atoms with Crippen molar-refractivity contribution in [1.82, 2.24) is 9.80 Å². The van der Waals surface area contributed by atoms with Gasteiger partial charge in [-0.15, -0.1) is 0 Å². The predicted octanol–water partition coefficient (Wildman–Crippen LogP) is 0.572. The molecular formula is C9H13F3N2O. The van der Waals surface area contributed by atoms with Crippen LogP contribution in [-0.2, 0) is 4.79 Å².